The van der Waals surface area contributed by atoms with Gasteiger partial charge >= 0.3 is 5.97 Å². The molecule has 0 heterocycles. The number of nitrogens with zero attached hydrogens (tertiary/aromatic N) is 1. The summed E-state index contributed by atoms with van der Waals surface area (Å²) in [6.07, 6.45) is 0.164. The summed E-state index contributed by atoms with van der Waals surface area (Å²) >= 11 is 3.17. The first-order chi connectivity index (χ1) is 9.11. The Morgan fingerprint density at radius 1 is 1.50 bits per heavy atom. The topological polar surface area (TPSA) is 95.5 Å². The Morgan fingerprint density at radius 3 is 2.60 bits per heavy atom. The van der Waals surface area contributed by atoms with E-state index in [1.54, 1.807) is 32.9 Å². The van der Waals surface area contributed by atoms with E-state index >= 15 is 0 Å². The van der Waals surface area contributed by atoms with Gasteiger partial charge in [0, 0.05) is 6.07 Å². The quantitative estimate of drug-likeness (QED) is 0.514. The molecule has 7 heteroatoms. The highest BCUT2D eigenvalue weighted by Gasteiger charge is 2.24. The maximum Gasteiger partial charge on any atom is 0.323 e. The smallest absolute Gasteiger partial charge is 0.323 e. The number of hydrogen-bond acceptors (Lipinski definition) is 5. The van der Waals surface area contributed by atoms with E-state index in [0.29, 0.717) is 10.0 Å². The number of carbonyl (C=O) groups is 1. The molecule has 110 valence electrons. The summed E-state index contributed by atoms with van der Waals surface area (Å²) in [6.45, 7) is 5.25. The molecule has 0 spiro atoms. The molecular formula is C13H17BrN2O4. The average molecular weight is 345 g/mol. The largest absolute Gasteiger partial charge is 0.459 e. The number of ether oxygens (including phenoxy) is 1. The molecule has 0 saturated carbocycles. The second kappa shape index (κ2) is 6.32. The molecule has 1 rings (SSSR count). The van der Waals surface area contributed by atoms with E-state index in [1.165, 1.54) is 6.07 Å². The van der Waals surface area contributed by atoms with Crippen molar-refractivity contribution in [2.75, 3.05) is 0 Å². The average Bonchev–Trinajstić information content (AvgIpc) is 2.29. The summed E-state index contributed by atoms with van der Waals surface area (Å²) in [5.41, 5.74) is 5.71. The van der Waals surface area contributed by atoms with Crippen molar-refractivity contribution in [1.82, 2.24) is 0 Å². The second-order valence-corrected chi connectivity index (χ2v) is 6.14. The molecule has 20 heavy (non-hydrogen) atoms. The molecule has 1 aromatic carbocycles. The van der Waals surface area contributed by atoms with Crippen molar-refractivity contribution in [1.29, 1.82) is 0 Å². The summed E-state index contributed by atoms with van der Waals surface area (Å²) in [5.74, 6) is -0.532. The van der Waals surface area contributed by atoms with Gasteiger partial charge in [0.05, 0.1) is 9.40 Å². The number of halogens is 1. The van der Waals surface area contributed by atoms with Gasteiger partial charge in [0.25, 0.3) is 5.69 Å². The van der Waals surface area contributed by atoms with E-state index in [0.717, 1.165) is 0 Å². The molecule has 1 unspecified atom stereocenters. The van der Waals surface area contributed by atoms with Gasteiger partial charge in [-0.2, -0.15) is 0 Å². The van der Waals surface area contributed by atoms with Crippen molar-refractivity contribution in [3.63, 3.8) is 0 Å². The van der Waals surface area contributed by atoms with Crippen molar-refractivity contribution < 1.29 is 14.5 Å². The van der Waals surface area contributed by atoms with E-state index < -0.39 is 22.5 Å². The fourth-order valence-electron chi connectivity index (χ4n) is 1.56. The number of nitro benzene ring substituents is 1. The SMILES string of the molecule is CC(C)(C)OC(=O)C(N)Cc1cccc([N+](=O)[O-])c1Br. The van der Waals surface area contributed by atoms with Crippen LogP contribution >= 0.6 is 15.9 Å². The molecule has 0 aliphatic heterocycles. The van der Waals surface area contributed by atoms with Crippen LogP contribution in [0.4, 0.5) is 5.69 Å². The van der Waals surface area contributed by atoms with E-state index in [4.69, 9.17) is 10.5 Å². The molecule has 0 aromatic heterocycles. The van der Waals surface area contributed by atoms with Gasteiger partial charge in [-0.1, -0.05) is 12.1 Å². The number of nitrogens with two attached hydrogens (primary N) is 1. The Bertz CT molecular complexity index is 526. The molecule has 0 amide bonds. The van der Waals surface area contributed by atoms with Crippen LogP contribution in [-0.2, 0) is 16.0 Å². The van der Waals surface area contributed by atoms with Crippen molar-refractivity contribution >= 4 is 27.6 Å². The van der Waals surface area contributed by atoms with Crippen LogP contribution in [0.2, 0.25) is 0 Å². The third kappa shape index (κ3) is 4.57. The zero-order valence-electron chi connectivity index (χ0n) is 11.6. The Balaban J connectivity index is 2.86. The highest BCUT2D eigenvalue weighted by atomic mass is 79.9. The zero-order chi connectivity index (χ0) is 15.5. The number of nitro groups is 1. The van der Waals surface area contributed by atoms with Crippen LogP contribution in [-0.4, -0.2) is 22.5 Å². The van der Waals surface area contributed by atoms with Crippen molar-refractivity contribution in [2.45, 2.75) is 38.8 Å². The van der Waals surface area contributed by atoms with Gasteiger partial charge in [0.2, 0.25) is 0 Å². The summed E-state index contributed by atoms with van der Waals surface area (Å²) in [6, 6.07) is 3.75. The van der Waals surface area contributed by atoms with Crippen molar-refractivity contribution in [3.05, 3.63) is 38.3 Å². The lowest BCUT2D eigenvalue weighted by molar-refractivity contribution is -0.385. The number of esters is 1. The number of rotatable bonds is 4. The lowest BCUT2D eigenvalue weighted by Crippen LogP contribution is -2.38. The minimum Gasteiger partial charge on any atom is -0.459 e. The first-order valence-electron chi connectivity index (χ1n) is 6.02. The van der Waals surface area contributed by atoms with E-state index in [2.05, 4.69) is 15.9 Å². The molecule has 0 bridgehead atoms. The lowest BCUT2D eigenvalue weighted by Gasteiger charge is -2.22. The first kappa shape index (κ1) is 16.6. The fourth-order valence-corrected chi connectivity index (χ4v) is 2.13. The molecule has 0 aliphatic carbocycles. The van der Waals surface area contributed by atoms with Crippen LogP contribution in [0, 0.1) is 10.1 Å². The van der Waals surface area contributed by atoms with E-state index in [1.807, 2.05) is 0 Å². The van der Waals surface area contributed by atoms with Gasteiger partial charge in [-0.3, -0.25) is 14.9 Å². The predicted molar refractivity (Wildman–Crippen MR) is 78.3 cm³/mol. The van der Waals surface area contributed by atoms with Gasteiger partial charge in [-0.15, -0.1) is 0 Å². The molecule has 6 nitrogen and oxygen atoms in total. The van der Waals surface area contributed by atoms with Gasteiger partial charge in [-0.25, -0.2) is 0 Å². The van der Waals surface area contributed by atoms with E-state index in [9.17, 15) is 14.9 Å². The molecule has 1 aromatic rings. The Labute approximate surface area is 125 Å². The number of benzene rings is 1. The van der Waals surface area contributed by atoms with Gasteiger partial charge in [0.15, 0.2) is 0 Å². The molecule has 0 fully saturated rings. The maximum atomic E-state index is 11.8. The van der Waals surface area contributed by atoms with Gasteiger partial charge < -0.3 is 10.5 Å². The van der Waals surface area contributed by atoms with Gasteiger partial charge in [0.1, 0.15) is 11.6 Å². The van der Waals surface area contributed by atoms with Crippen LogP contribution in [0.3, 0.4) is 0 Å². The highest BCUT2D eigenvalue weighted by Crippen LogP contribution is 2.29. The van der Waals surface area contributed by atoms with Crippen LogP contribution in [0.25, 0.3) is 0 Å². The summed E-state index contributed by atoms with van der Waals surface area (Å²) in [4.78, 5) is 22.1. The Morgan fingerprint density at radius 2 is 2.10 bits per heavy atom. The van der Waals surface area contributed by atoms with Gasteiger partial charge in [-0.05, 0) is 48.7 Å². The highest BCUT2D eigenvalue weighted by molar-refractivity contribution is 9.10. The fraction of sp³-hybridized carbons (Fsp3) is 0.462. The monoisotopic (exact) mass is 344 g/mol. The Kier molecular flexibility index (Phi) is 5.24. The van der Waals surface area contributed by atoms with Crippen LogP contribution < -0.4 is 5.73 Å². The van der Waals surface area contributed by atoms with Crippen LogP contribution in [0.1, 0.15) is 26.3 Å². The number of carbonyl (C=O) groups excluding carboxylic acids is 1. The Hall–Kier alpha value is -1.47. The third-order valence-electron chi connectivity index (χ3n) is 2.40. The molecule has 1 atom stereocenters. The number of hydrogen-bond donors (Lipinski definition) is 1. The van der Waals surface area contributed by atoms with Crippen LogP contribution in [0.15, 0.2) is 22.7 Å². The molecule has 0 radical (unpaired) electrons. The zero-order valence-corrected chi connectivity index (χ0v) is 13.1. The second-order valence-electron chi connectivity index (χ2n) is 5.35. The van der Waals surface area contributed by atoms with Crippen molar-refractivity contribution in [3.8, 4) is 0 Å². The van der Waals surface area contributed by atoms with Crippen molar-refractivity contribution in [2.24, 2.45) is 5.73 Å². The van der Waals surface area contributed by atoms with E-state index in [-0.39, 0.29) is 12.1 Å². The molecule has 2 N–H and O–H groups in total. The third-order valence-corrected chi connectivity index (χ3v) is 3.32. The normalized spacial score (nSPS) is 12.8. The summed E-state index contributed by atoms with van der Waals surface area (Å²) in [7, 11) is 0. The lowest BCUT2D eigenvalue weighted by atomic mass is 10.1. The summed E-state index contributed by atoms with van der Waals surface area (Å²) in [5, 5.41) is 10.8. The minimum atomic E-state index is -0.868. The molecule has 0 aliphatic rings. The summed E-state index contributed by atoms with van der Waals surface area (Å²) < 4.78 is 5.51. The maximum absolute atomic E-state index is 11.8. The predicted octanol–water partition coefficient (Wildman–Crippen LogP) is 2.57. The standard InChI is InChI=1S/C13H17BrN2O4/c1-13(2,3)20-12(17)9(15)7-8-5-4-6-10(11(8)14)16(18)19/h4-6,9H,7,15H2,1-3H3. The first-order valence-corrected chi connectivity index (χ1v) is 6.81. The minimum absolute atomic E-state index is 0.0566. The molecular weight excluding hydrogens is 328 g/mol. The van der Waals surface area contributed by atoms with Crippen LogP contribution in [0.5, 0.6) is 0 Å². The molecule has 0 saturated heterocycles.